The highest BCUT2D eigenvalue weighted by atomic mass is 19.1. The van der Waals surface area contributed by atoms with Crippen molar-refractivity contribution in [3.05, 3.63) is 88.9 Å². The Morgan fingerprint density at radius 3 is 2.65 bits per heavy atom. The van der Waals surface area contributed by atoms with Crippen LogP contribution in [0.1, 0.15) is 52.7 Å². The first-order valence-electron chi connectivity index (χ1n) is 11.4. The number of benzene rings is 2. The van der Waals surface area contributed by atoms with Crippen molar-refractivity contribution in [1.82, 2.24) is 4.98 Å². The number of carbonyl (C=O) groups is 2. The van der Waals surface area contributed by atoms with Gasteiger partial charge in [0, 0.05) is 17.8 Å². The van der Waals surface area contributed by atoms with Gasteiger partial charge in [0.15, 0.2) is 0 Å². The van der Waals surface area contributed by atoms with E-state index in [2.05, 4.69) is 22.4 Å². The second-order valence-electron chi connectivity index (χ2n) is 8.85. The maximum absolute atomic E-state index is 13.3. The van der Waals surface area contributed by atoms with Gasteiger partial charge in [-0.1, -0.05) is 24.6 Å². The number of amides is 2. The predicted octanol–water partition coefficient (Wildman–Crippen LogP) is 4.75. The fourth-order valence-electron chi connectivity index (χ4n) is 4.85. The first-order valence-corrected chi connectivity index (χ1v) is 11.4. The van der Waals surface area contributed by atoms with Crippen LogP contribution >= 0.6 is 0 Å². The molecule has 6 nitrogen and oxygen atoms in total. The fraction of sp³-hybridized carbons (Fsp3) is 0.259. The Balaban J connectivity index is 1.42. The molecular formula is C27H23FN4O2. The molecule has 0 radical (unpaired) electrons. The van der Waals surface area contributed by atoms with Crippen molar-refractivity contribution in [3.63, 3.8) is 0 Å². The summed E-state index contributed by atoms with van der Waals surface area (Å²) >= 11 is 0. The van der Waals surface area contributed by atoms with Gasteiger partial charge in [-0.25, -0.2) is 9.37 Å². The first kappa shape index (κ1) is 21.8. The first-order chi connectivity index (χ1) is 16.5. The Labute approximate surface area is 197 Å². The molecule has 0 spiro atoms. The lowest BCUT2D eigenvalue weighted by Gasteiger charge is -2.41. The third-order valence-corrected chi connectivity index (χ3v) is 6.85. The number of aromatic nitrogens is 1. The molecule has 0 unspecified atom stereocenters. The standard InChI is InChI=1S/C27H23FN4O2/c28-22-8-10-24(30-17-22)31-26(34)27(11-3-12-27)21-7-9-23-19(15-21)6-2-13-32(23)25(33)20-5-1-4-18(14-20)16-29/h1,4-5,7-10,14-15,17H,2-3,6,11-13H2,(H,30,31,34). The number of rotatable bonds is 4. The normalized spacial score (nSPS) is 16.1. The van der Waals surface area contributed by atoms with Gasteiger partial charge in [0.25, 0.3) is 5.91 Å². The van der Waals surface area contributed by atoms with Gasteiger partial charge in [0.1, 0.15) is 11.6 Å². The minimum atomic E-state index is -0.654. The van der Waals surface area contributed by atoms with Crippen molar-refractivity contribution in [1.29, 1.82) is 5.26 Å². The number of hydrogen-bond acceptors (Lipinski definition) is 4. The summed E-state index contributed by atoms with van der Waals surface area (Å²) in [4.78, 5) is 32.2. The SMILES string of the molecule is N#Cc1cccc(C(=O)N2CCCc3cc(C4(C(=O)Nc5ccc(F)cn5)CCC4)ccc32)c1. The minimum absolute atomic E-state index is 0.135. The molecule has 2 aliphatic rings. The topological polar surface area (TPSA) is 86.1 Å². The van der Waals surface area contributed by atoms with Crippen LogP contribution in [0.2, 0.25) is 0 Å². The lowest BCUT2D eigenvalue weighted by atomic mass is 9.63. The van der Waals surface area contributed by atoms with E-state index in [4.69, 9.17) is 5.26 Å². The smallest absolute Gasteiger partial charge is 0.258 e. The number of carbonyl (C=O) groups excluding carboxylic acids is 2. The van der Waals surface area contributed by atoms with E-state index in [-0.39, 0.29) is 11.8 Å². The molecule has 1 fully saturated rings. The Morgan fingerprint density at radius 2 is 1.94 bits per heavy atom. The average molecular weight is 455 g/mol. The van der Waals surface area contributed by atoms with Gasteiger partial charge in [-0.05, 0) is 73.2 Å². The largest absolute Gasteiger partial charge is 0.310 e. The molecule has 1 aliphatic heterocycles. The van der Waals surface area contributed by atoms with Crippen LogP contribution in [0.4, 0.5) is 15.9 Å². The summed E-state index contributed by atoms with van der Waals surface area (Å²) in [6, 6.07) is 17.5. The zero-order valence-electron chi connectivity index (χ0n) is 18.6. The number of nitrogens with zero attached hydrogens (tertiary/aromatic N) is 3. The van der Waals surface area contributed by atoms with Gasteiger partial charge in [0.05, 0.1) is 23.2 Å². The lowest BCUT2D eigenvalue weighted by Crippen LogP contribution is -2.46. The third-order valence-electron chi connectivity index (χ3n) is 6.85. The number of halogens is 1. The highest BCUT2D eigenvalue weighted by Crippen LogP contribution is 2.46. The summed E-state index contributed by atoms with van der Waals surface area (Å²) < 4.78 is 13.2. The van der Waals surface area contributed by atoms with Crippen molar-refractivity contribution in [2.45, 2.75) is 37.5 Å². The highest BCUT2D eigenvalue weighted by molar-refractivity contribution is 6.07. The number of fused-ring (bicyclic) bond motifs is 1. The van der Waals surface area contributed by atoms with Crippen LogP contribution in [0.3, 0.4) is 0 Å². The molecule has 2 amide bonds. The van der Waals surface area contributed by atoms with Crippen LogP contribution in [-0.2, 0) is 16.6 Å². The van der Waals surface area contributed by atoms with E-state index in [1.54, 1.807) is 29.2 Å². The number of nitriles is 1. The third kappa shape index (κ3) is 3.81. The summed E-state index contributed by atoms with van der Waals surface area (Å²) in [5.74, 6) is -0.407. The van der Waals surface area contributed by atoms with E-state index in [1.165, 1.54) is 12.1 Å². The minimum Gasteiger partial charge on any atom is -0.310 e. The Kier molecular flexibility index (Phi) is 5.58. The molecule has 5 rings (SSSR count). The van der Waals surface area contributed by atoms with Crippen molar-refractivity contribution in [2.75, 3.05) is 16.8 Å². The number of nitrogens with one attached hydrogen (secondary N) is 1. The molecule has 1 saturated carbocycles. The zero-order chi connectivity index (χ0) is 23.7. The fourth-order valence-corrected chi connectivity index (χ4v) is 4.85. The summed E-state index contributed by atoms with van der Waals surface area (Å²) in [6.45, 7) is 0.601. The number of hydrogen-bond donors (Lipinski definition) is 1. The summed E-state index contributed by atoms with van der Waals surface area (Å²) in [5, 5.41) is 12.0. The molecule has 1 aliphatic carbocycles. The van der Waals surface area contributed by atoms with Crippen molar-refractivity contribution in [2.24, 2.45) is 0 Å². The molecule has 2 heterocycles. The summed E-state index contributed by atoms with van der Waals surface area (Å²) in [6.07, 6.45) is 5.12. The number of aryl methyl sites for hydroxylation is 1. The molecular weight excluding hydrogens is 431 g/mol. The quantitative estimate of drug-likeness (QED) is 0.617. The Hall–Kier alpha value is -4.05. The number of anilines is 2. The predicted molar refractivity (Wildman–Crippen MR) is 126 cm³/mol. The van der Waals surface area contributed by atoms with E-state index in [0.29, 0.717) is 23.5 Å². The van der Waals surface area contributed by atoms with Crippen LogP contribution in [0.5, 0.6) is 0 Å². The van der Waals surface area contributed by atoms with Crippen molar-refractivity contribution in [3.8, 4) is 6.07 Å². The Morgan fingerprint density at radius 1 is 1.09 bits per heavy atom. The second-order valence-corrected chi connectivity index (χ2v) is 8.85. The molecule has 3 aromatic rings. The maximum atomic E-state index is 13.3. The summed E-state index contributed by atoms with van der Waals surface area (Å²) in [7, 11) is 0. The second kappa shape index (κ2) is 8.71. The highest BCUT2D eigenvalue weighted by Gasteiger charge is 2.46. The van der Waals surface area contributed by atoms with Crippen molar-refractivity contribution >= 4 is 23.3 Å². The van der Waals surface area contributed by atoms with Gasteiger partial charge in [-0.15, -0.1) is 0 Å². The number of pyridine rings is 1. The molecule has 1 N–H and O–H groups in total. The van der Waals surface area contributed by atoms with Crippen LogP contribution < -0.4 is 10.2 Å². The summed E-state index contributed by atoms with van der Waals surface area (Å²) in [5.41, 5.74) is 3.09. The molecule has 2 aromatic carbocycles. The van der Waals surface area contributed by atoms with E-state index in [0.717, 1.165) is 55.1 Å². The van der Waals surface area contributed by atoms with Crippen molar-refractivity contribution < 1.29 is 14.0 Å². The van der Waals surface area contributed by atoms with Crippen LogP contribution in [0.25, 0.3) is 0 Å². The van der Waals surface area contributed by atoms with Gasteiger partial charge in [-0.2, -0.15) is 5.26 Å². The van der Waals surface area contributed by atoms with Crippen LogP contribution in [0.15, 0.2) is 60.8 Å². The molecule has 0 bridgehead atoms. The van der Waals surface area contributed by atoms with Gasteiger partial charge < -0.3 is 10.2 Å². The van der Waals surface area contributed by atoms with Gasteiger partial charge in [-0.3, -0.25) is 9.59 Å². The molecule has 1 aromatic heterocycles. The monoisotopic (exact) mass is 454 g/mol. The molecule has 7 heteroatoms. The van der Waals surface area contributed by atoms with E-state index in [1.807, 2.05) is 12.1 Å². The Bertz CT molecular complexity index is 1310. The molecule has 0 saturated heterocycles. The molecule has 170 valence electrons. The van der Waals surface area contributed by atoms with E-state index in [9.17, 15) is 14.0 Å². The zero-order valence-corrected chi connectivity index (χ0v) is 18.6. The van der Waals surface area contributed by atoms with Gasteiger partial charge >= 0.3 is 0 Å². The average Bonchev–Trinajstić information content (AvgIpc) is 2.84. The van der Waals surface area contributed by atoms with Crippen LogP contribution in [0, 0.1) is 17.1 Å². The van der Waals surface area contributed by atoms with Crippen LogP contribution in [-0.4, -0.2) is 23.3 Å². The molecule has 0 atom stereocenters. The van der Waals surface area contributed by atoms with E-state index < -0.39 is 11.2 Å². The van der Waals surface area contributed by atoms with Gasteiger partial charge in [0.2, 0.25) is 5.91 Å². The lowest BCUT2D eigenvalue weighted by molar-refractivity contribution is -0.124. The maximum Gasteiger partial charge on any atom is 0.258 e. The molecule has 34 heavy (non-hydrogen) atoms. The van der Waals surface area contributed by atoms with E-state index >= 15 is 0 Å².